The Labute approximate surface area is 136 Å². The zero-order valence-corrected chi connectivity index (χ0v) is 14.4. The smallest absolute Gasteiger partial charge is 0.410 e. The number of benzene rings is 1. The van der Waals surface area contributed by atoms with Crippen LogP contribution in [0.4, 0.5) is 19.3 Å². The second kappa shape index (κ2) is 8.13. The molecule has 0 spiro atoms. The number of hydrogen-bond acceptors (Lipinski definition) is 3. The van der Waals surface area contributed by atoms with Crippen molar-refractivity contribution in [1.29, 1.82) is 0 Å². The Morgan fingerprint density at radius 2 is 2.00 bits per heavy atom. The van der Waals surface area contributed by atoms with Crippen LogP contribution in [0.25, 0.3) is 0 Å². The molecule has 0 fully saturated rings. The fourth-order valence-corrected chi connectivity index (χ4v) is 1.94. The Hall–Kier alpha value is -1.85. The number of amides is 1. The third-order valence-corrected chi connectivity index (χ3v) is 3.11. The van der Waals surface area contributed by atoms with Crippen LogP contribution in [0.5, 0.6) is 0 Å². The fourth-order valence-electron chi connectivity index (χ4n) is 1.94. The second-order valence-electron chi connectivity index (χ2n) is 6.46. The molecular formula is C17H26F2N2O2. The van der Waals surface area contributed by atoms with Crippen molar-refractivity contribution in [1.82, 2.24) is 4.90 Å². The van der Waals surface area contributed by atoms with Gasteiger partial charge in [-0.15, -0.1) is 0 Å². The highest BCUT2D eigenvalue weighted by atomic mass is 19.3. The van der Waals surface area contributed by atoms with Crippen molar-refractivity contribution in [2.75, 3.05) is 11.9 Å². The molecule has 1 N–H and O–H groups in total. The molecule has 0 bridgehead atoms. The monoisotopic (exact) mass is 328 g/mol. The van der Waals surface area contributed by atoms with E-state index in [1.54, 1.807) is 23.1 Å². The Bertz CT molecular complexity index is 516. The van der Waals surface area contributed by atoms with Gasteiger partial charge in [-0.25, -0.2) is 13.6 Å². The van der Waals surface area contributed by atoms with Crippen molar-refractivity contribution in [2.24, 2.45) is 0 Å². The maximum atomic E-state index is 12.6. The number of nitrogens with one attached hydrogen (secondary N) is 1. The molecule has 1 unspecified atom stereocenters. The first-order valence-electron chi connectivity index (χ1n) is 7.74. The number of carbonyl (C=O) groups excluding carboxylic acids is 1. The highest BCUT2D eigenvalue weighted by molar-refractivity contribution is 5.68. The molecule has 130 valence electrons. The summed E-state index contributed by atoms with van der Waals surface area (Å²) in [4.78, 5) is 13.7. The van der Waals surface area contributed by atoms with Gasteiger partial charge in [0.1, 0.15) is 5.60 Å². The number of hydrogen-bond donors (Lipinski definition) is 1. The first kappa shape index (κ1) is 19.2. The first-order valence-corrected chi connectivity index (χ1v) is 7.74. The summed E-state index contributed by atoms with van der Waals surface area (Å²) in [5.74, 6) is 0. The molecule has 0 saturated heterocycles. The van der Waals surface area contributed by atoms with E-state index < -0.39 is 18.1 Å². The predicted octanol–water partition coefficient (Wildman–Crippen LogP) is 4.51. The van der Waals surface area contributed by atoms with Gasteiger partial charge in [0.2, 0.25) is 0 Å². The van der Waals surface area contributed by atoms with Crippen LogP contribution in [0.1, 0.15) is 40.2 Å². The van der Waals surface area contributed by atoms with E-state index in [0.717, 1.165) is 5.56 Å². The lowest BCUT2D eigenvalue weighted by atomic mass is 10.1. The lowest BCUT2D eigenvalue weighted by Crippen LogP contribution is -2.36. The van der Waals surface area contributed by atoms with Gasteiger partial charge >= 0.3 is 6.09 Å². The number of nitrogens with zero attached hydrogens (tertiary/aromatic N) is 1. The minimum absolute atomic E-state index is 0.365. The molecule has 1 rings (SSSR count). The summed E-state index contributed by atoms with van der Waals surface area (Å²) in [5, 5.41) is 2.76. The SMILES string of the molecule is CCN(Cc1cccc(NC(C)C(F)F)c1)C(=O)OC(C)(C)C. The average molecular weight is 328 g/mol. The van der Waals surface area contributed by atoms with E-state index in [1.807, 2.05) is 33.8 Å². The lowest BCUT2D eigenvalue weighted by molar-refractivity contribution is 0.0244. The van der Waals surface area contributed by atoms with Crippen LogP contribution in [0.15, 0.2) is 24.3 Å². The van der Waals surface area contributed by atoms with Gasteiger partial charge in [-0.2, -0.15) is 0 Å². The number of alkyl halides is 2. The van der Waals surface area contributed by atoms with Gasteiger partial charge in [-0.05, 0) is 52.3 Å². The van der Waals surface area contributed by atoms with Crippen LogP contribution >= 0.6 is 0 Å². The number of ether oxygens (including phenoxy) is 1. The molecule has 23 heavy (non-hydrogen) atoms. The molecule has 4 nitrogen and oxygen atoms in total. The van der Waals surface area contributed by atoms with Crippen LogP contribution in [-0.2, 0) is 11.3 Å². The maximum Gasteiger partial charge on any atom is 0.410 e. The minimum Gasteiger partial charge on any atom is -0.444 e. The molecule has 0 heterocycles. The van der Waals surface area contributed by atoms with Crippen molar-refractivity contribution in [3.63, 3.8) is 0 Å². The largest absolute Gasteiger partial charge is 0.444 e. The lowest BCUT2D eigenvalue weighted by Gasteiger charge is -2.26. The van der Waals surface area contributed by atoms with Gasteiger partial charge < -0.3 is 15.0 Å². The summed E-state index contributed by atoms with van der Waals surface area (Å²) in [7, 11) is 0. The Morgan fingerprint density at radius 3 is 2.52 bits per heavy atom. The van der Waals surface area contributed by atoms with Crippen LogP contribution in [-0.4, -0.2) is 35.6 Å². The molecule has 1 atom stereocenters. The third kappa shape index (κ3) is 6.84. The van der Waals surface area contributed by atoms with Gasteiger partial charge in [0, 0.05) is 18.8 Å². The normalized spacial score (nSPS) is 12.9. The highest BCUT2D eigenvalue weighted by Crippen LogP contribution is 2.17. The number of anilines is 1. The standard InChI is InChI=1S/C17H26F2N2O2/c1-6-21(16(22)23-17(3,4)5)11-13-8-7-9-14(10-13)20-12(2)15(18)19/h7-10,12,15,20H,6,11H2,1-5H3. The predicted molar refractivity (Wildman–Crippen MR) is 87.8 cm³/mol. The molecule has 1 aromatic carbocycles. The average Bonchev–Trinajstić information content (AvgIpc) is 2.43. The quantitative estimate of drug-likeness (QED) is 0.835. The number of halogens is 2. The highest BCUT2D eigenvalue weighted by Gasteiger charge is 2.21. The summed E-state index contributed by atoms with van der Waals surface area (Å²) < 4.78 is 30.6. The molecule has 0 aromatic heterocycles. The van der Waals surface area contributed by atoms with Gasteiger partial charge in [0.25, 0.3) is 6.43 Å². The molecule has 1 aromatic rings. The topological polar surface area (TPSA) is 41.6 Å². The van der Waals surface area contributed by atoms with Crippen molar-refractivity contribution in [3.05, 3.63) is 29.8 Å². The van der Waals surface area contributed by atoms with Crippen molar-refractivity contribution in [3.8, 4) is 0 Å². The zero-order chi connectivity index (χ0) is 17.6. The molecular weight excluding hydrogens is 302 g/mol. The van der Waals surface area contributed by atoms with E-state index in [2.05, 4.69) is 5.32 Å². The van der Waals surface area contributed by atoms with E-state index in [4.69, 9.17) is 4.74 Å². The molecule has 1 amide bonds. The van der Waals surface area contributed by atoms with Crippen molar-refractivity contribution < 1.29 is 18.3 Å². The first-order chi connectivity index (χ1) is 10.6. The molecule has 0 saturated carbocycles. The fraction of sp³-hybridized carbons (Fsp3) is 0.588. The van der Waals surface area contributed by atoms with E-state index in [0.29, 0.717) is 18.8 Å². The molecule has 6 heteroatoms. The Kier molecular flexibility index (Phi) is 6.79. The van der Waals surface area contributed by atoms with Gasteiger partial charge in [-0.1, -0.05) is 12.1 Å². The van der Waals surface area contributed by atoms with E-state index >= 15 is 0 Å². The summed E-state index contributed by atoms with van der Waals surface area (Å²) >= 11 is 0. The van der Waals surface area contributed by atoms with Gasteiger partial charge in [0.15, 0.2) is 0 Å². The minimum atomic E-state index is -2.44. The summed E-state index contributed by atoms with van der Waals surface area (Å²) in [6, 6.07) is 6.20. The van der Waals surface area contributed by atoms with Crippen molar-refractivity contribution >= 4 is 11.8 Å². The third-order valence-electron chi connectivity index (χ3n) is 3.11. The van der Waals surface area contributed by atoms with E-state index in [9.17, 15) is 13.6 Å². The van der Waals surface area contributed by atoms with E-state index in [1.165, 1.54) is 6.92 Å². The maximum absolute atomic E-state index is 12.6. The molecule has 0 aliphatic heterocycles. The molecule has 0 radical (unpaired) electrons. The van der Waals surface area contributed by atoms with Crippen LogP contribution < -0.4 is 5.32 Å². The number of carbonyl (C=O) groups is 1. The van der Waals surface area contributed by atoms with Gasteiger partial charge in [0.05, 0.1) is 6.04 Å². The summed E-state index contributed by atoms with van der Waals surface area (Å²) in [6.45, 7) is 9.60. The van der Waals surface area contributed by atoms with Crippen LogP contribution in [0, 0.1) is 0 Å². The number of rotatable bonds is 6. The molecule has 0 aliphatic carbocycles. The van der Waals surface area contributed by atoms with Crippen LogP contribution in [0.2, 0.25) is 0 Å². The second-order valence-corrected chi connectivity index (χ2v) is 6.46. The summed E-state index contributed by atoms with van der Waals surface area (Å²) in [5.41, 5.74) is 0.903. The van der Waals surface area contributed by atoms with E-state index in [-0.39, 0.29) is 6.09 Å². The Morgan fingerprint density at radius 1 is 1.35 bits per heavy atom. The summed E-state index contributed by atoms with van der Waals surface area (Å²) in [6.07, 6.45) is -2.83. The molecule has 0 aliphatic rings. The van der Waals surface area contributed by atoms with Gasteiger partial charge in [-0.3, -0.25) is 0 Å². The van der Waals surface area contributed by atoms with Crippen molar-refractivity contribution in [2.45, 2.75) is 59.2 Å². The Balaban J connectivity index is 2.76. The zero-order valence-electron chi connectivity index (χ0n) is 14.4. The van der Waals surface area contributed by atoms with Crippen LogP contribution in [0.3, 0.4) is 0 Å².